The molecule has 0 radical (unpaired) electrons. The number of aromatic nitrogens is 4. The lowest BCUT2D eigenvalue weighted by atomic mass is 9.99. The van der Waals surface area contributed by atoms with Crippen molar-refractivity contribution in [3.8, 4) is 39.9 Å². The number of hydrogen-bond acceptors (Lipinski definition) is 5. The van der Waals surface area contributed by atoms with Gasteiger partial charge in [-0.3, -0.25) is 0 Å². The Balaban J connectivity index is 1.20. The highest BCUT2D eigenvalue weighted by atomic mass is 32.1. The summed E-state index contributed by atoms with van der Waals surface area (Å²) < 4.78 is 12.2. The highest BCUT2D eigenvalue weighted by molar-refractivity contribution is 7.26. The second-order valence-electron chi connectivity index (χ2n) is 13.9. The lowest BCUT2D eigenvalue weighted by Crippen LogP contribution is -2.00. The van der Waals surface area contributed by atoms with Gasteiger partial charge in [0.15, 0.2) is 23.1 Å². The molecule has 0 N–H and O–H groups in total. The molecule has 0 aliphatic rings. The van der Waals surface area contributed by atoms with Gasteiger partial charge in [0.2, 0.25) is 0 Å². The molecular formula is C49H28N4OS. The van der Waals surface area contributed by atoms with Crippen LogP contribution in [0.1, 0.15) is 0 Å². The van der Waals surface area contributed by atoms with Crippen LogP contribution in [0.15, 0.2) is 174 Å². The van der Waals surface area contributed by atoms with E-state index < -0.39 is 0 Å². The molecular weight excluding hydrogens is 693 g/mol. The van der Waals surface area contributed by atoms with Gasteiger partial charge in [-0.2, -0.15) is 0 Å². The van der Waals surface area contributed by atoms with E-state index in [1.807, 2.05) is 72.0 Å². The molecule has 4 aromatic heterocycles. The van der Waals surface area contributed by atoms with Crippen LogP contribution in [0.25, 0.3) is 115 Å². The summed E-state index contributed by atoms with van der Waals surface area (Å²) in [5, 5.41) is 9.27. The third-order valence-electron chi connectivity index (χ3n) is 10.8. The molecule has 0 saturated heterocycles. The van der Waals surface area contributed by atoms with Gasteiger partial charge in [-0.05, 0) is 35.0 Å². The van der Waals surface area contributed by atoms with Crippen LogP contribution in [0.5, 0.6) is 0 Å². The molecule has 0 spiro atoms. The summed E-state index contributed by atoms with van der Waals surface area (Å²) >= 11 is 1.85. The first-order valence-corrected chi connectivity index (χ1v) is 19.2. The van der Waals surface area contributed by atoms with Crippen LogP contribution in [0.4, 0.5) is 0 Å². The fourth-order valence-electron chi connectivity index (χ4n) is 8.39. The van der Waals surface area contributed by atoms with Gasteiger partial charge in [0.25, 0.3) is 0 Å². The zero-order valence-electron chi connectivity index (χ0n) is 29.3. The van der Waals surface area contributed by atoms with Gasteiger partial charge in [0, 0.05) is 48.1 Å². The fourth-order valence-corrected chi connectivity index (χ4v) is 9.63. The van der Waals surface area contributed by atoms with E-state index in [1.165, 1.54) is 36.5 Å². The Bertz CT molecular complexity index is 3430. The Kier molecular flexibility index (Phi) is 6.44. The number of nitrogens with zero attached hydrogens (tertiary/aromatic N) is 4. The Morgan fingerprint density at radius 2 is 1.07 bits per heavy atom. The monoisotopic (exact) mass is 720 g/mol. The molecule has 0 bridgehead atoms. The minimum Gasteiger partial charge on any atom is -0.453 e. The third kappa shape index (κ3) is 4.49. The SMILES string of the molecule is c1ccc(-c2nc(-c3ccccc3)nc(-c3cc4ccccc4c4c3oc3c(-n5c6ccccc6c6ccc7c8ccccc8sc7c65)cccc34)n2)cc1. The number of furan rings is 1. The summed E-state index contributed by atoms with van der Waals surface area (Å²) in [6.45, 7) is 0. The second kappa shape index (κ2) is 11.7. The number of rotatable bonds is 4. The van der Waals surface area contributed by atoms with Gasteiger partial charge in [0.1, 0.15) is 5.58 Å². The first kappa shape index (κ1) is 30.3. The van der Waals surface area contributed by atoms with Gasteiger partial charge in [-0.25, -0.2) is 15.0 Å². The summed E-state index contributed by atoms with van der Waals surface area (Å²) in [5.41, 5.74) is 7.55. The minimum absolute atomic E-state index is 0.563. The Labute approximate surface area is 318 Å². The van der Waals surface area contributed by atoms with Crippen molar-refractivity contribution in [2.45, 2.75) is 0 Å². The largest absolute Gasteiger partial charge is 0.453 e. The van der Waals surface area contributed by atoms with Crippen molar-refractivity contribution in [2.75, 3.05) is 0 Å². The summed E-state index contributed by atoms with van der Waals surface area (Å²) in [6.07, 6.45) is 0. The standard InChI is InChI=1S/C49H28N4OS/c1-3-14-29(15-4-1)47-50-48(30-16-5-2-6-17-30)52-49(51-47)38-28-31-18-7-8-19-32(31)42-37-22-13-24-40(44(37)54-45(38)42)53-39-23-11-9-20-33(39)35-26-27-36-34-21-10-12-25-41(34)55-46(36)43(35)53/h1-28H. The van der Waals surface area contributed by atoms with E-state index in [0.29, 0.717) is 17.5 Å². The molecule has 6 heteroatoms. The molecule has 8 aromatic carbocycles. The average Bonchev–Trinajstić information content (AvgIpc) is 3.94. The molecule has 0 saturated carbocycles. The van der Waals surface area contributed by atoms with Gasteiger partial charge in [-0.15, -0.1) is 11.3 Å². The van der Waals surface area contributed by atoms with Gasteiger partial charge in [0.05, 0.1) is 27.0 Å². The quantitative estimate of drug-likeness (QED) is 0.182. The number of fused-ring (bicyclic) bond motifs is 12. The van der Waals surface area contributed by atoms with Gasteiger partial charge < -0.3 is 8.98 Å². The summed E-state index contributed by atoms with van der Waals surface area (Å²) in [4.78, 5) is 15.3. The maximum absolute atomic E-state index is 7.24. The van der Waals surface area contributed by atoms with Crippen LogP contribution < -0.4 is 0 Å². The smallest absolute Gasteiger partial charge is 0.167 e. The van der Waals surface area contributed by atoms with E-state index in [1.54, 1.807) is 0 Å². The first-order chi connectivity index (χ1) is 27.3. The molecule has 0 aliphatic heterocycles. The molecule has 55 heavy (non-hydrogen) atoms. The number of thiophene rings is 1. The van der Waals surface area contributed by atoms with Crippen LogP contribution >= 0.6 is 11.3 Å². The van der Waals surface area contributed by atoms with Crippen molar-refractivity contribution in [2.24, 2.45) is 0 Å². The molecule has 0 unspecified atom stereocenters. The highest BCUT2D eigenvalue weighted by Crippen LogP contribution is 2.46. The van der Waals surface area contributed by atoms with Gasteiger partial charge >= 0.3 is 0 Å². The lowest BCUT2D eigenvalue weighted by molar-refractivity contribution is 0.667. The first-order valence-electron chi connectivity index (χ1n) is 18.4. The second-order valence-corrected chi connectivity index (χ2v) is 15.0. The van der Waals surface area contributed by atoms with Crippen molar-refractivity contribution < 1.29 is 4.42 Å². The fraction of sp³-hybridized carbons (Fsp3) is 0. The number of hydrogen-bond donors (Lipinski definition) is 0. The number of para-hydroxylation sites is 2. The molecule has 0 atom stereocenters. The Morgan fingerprint density at radius 3 is 1.85 bits per heavy atom. The topological polar surface area (TPSA) is 56.7 Å². The maximum Gasteiger partial charge on any atom is 0.167 e. The highest BCUT2D eigenvalue weighted by Gasteiger charge is 2.24. The minimum atomic E-state index is 0.563. The van der Waals surface area contributed by atoms with E-state index >= 15 is 0 Å². The number of benzene rings is 8. The summed E-state index contributed by atoms with van der Waals surface area (Å²) in [6, 6.07) is 59.4. The summed E-state index contributed by atoms with van der Waals surface area (Å²) in [5.74, 6) is 1.79. The predicted octanol–water partition coefficient (Wildman–Crippen LogP) is 13.4. The zero-order valence-corrected chi connectivity index (χ0v) is 30.1. The van der Waals surface area contributed by atoms with Crippen molar-refractivity contribution in [1.82, 2.24) is 19.5 Å². The van der Waals surface area contributed by atoms with Crippen LogP contribution in [-0.4, -0.2) is 19.5 Å². The molecule has 5 nitrogen and oxygen atoms in total. The Morgan fingerprint density at radius 1 is 0.455 bits per heavy atom. The molecule has 12 aromatic rings. The van der Waals surface area contributed by atoms with Crippen molar-refractivity contribution >= 4 is 86.0 Å². The van der Waals surface area contributed by atoms with E-state index in [-0.39, 0.29) is 0 Å². The molecule has 4 heterocycles. The zero-order chi connectivity index (χ0) is 36.0. The van der Waals surface area contributed by atoms with E-state index in [0.717, 1.165) is 60.6 Å². The molecule has 0 amide bonds. The van der Waals surface area contributed by atoms with E-state index in [9.17, 15) is 0 Å². The van der Waals surface area contributed by atoms with Crippen LogP contribution in [-0.2, 0) is 0 Å². The van der Waals surface area contributed by atoms with Gasteiger partial charge in [-0.1, -0.05) is 146 Å². The summed E-state index contributed by atoms with van der Waals surface area (Å²) in [7, 11) is 0. The van der Waals surface area contributed by atoms with E-state index in [2.05, 4.69) is 114 Å². The lowest BCUT2D eigenvalue weighted by Gasteiger charge is -2.10. The molecule has 256 valence electrons. The van der Waals surface area contributed by atoms with Crippen molar-refractivity contribution in [3.63, 3.8) is 0 Å². The van der Waals surface area contributed by atoms with E-state index in [4.69, 9.17) is 19.4 Å². The molecule has 0 aliphatic carbocycles. The average molecular weight is 721 g/mol. The van der Waals surface area contributed by atoms with Crippen molar-refractivity contribution in [3.05, 3.63) is 170 Å². The van der Waals surface area contributed by atoms with Crippen LogP contribution in [0.2, 0.25) is 0 Å². The Hall–Kier alpha value is -7.15. The van der Waals surface area contributed by atoms with Crippen LogP contribution in [0.3, 0.4) is 0 Å². The third-order valence-corrected chi connectivity index (χ3v) is 12.0. The van der Waals surface area contributed by atoms with Crippen LogP contribution in [0, 0.1) is 0 Å². The molecule has 0 fully saturated rings. The molecule has 12 rings (SSSR count). The normalized spacial score (nSPS) is 12.0. The van der Waals surface area contributed by atoms with Crippen molar-refractivity contribution in [1.29, 1.82) is 0 Å². The maximum atomic E-state index is 7.24. The predicted molar refractivity (Wildman–Crippen MR) is 228 cm³/mol.